The van der Waals surface area contributed by atoms with Crippen LogP contribution in [0.15, 0.2) is 0 Å². The molecule has 2 nitrogen and oxygen atoms in total. The van der Waals surface area contributed by atoms with Crippen LogP contribution in [0.25, 0.3) is 0 Å². The predicted molar refractivity (Wildman–Crippen MR) is 40.0 cm³/mol. The molecule has 10 heavy (non-hydrogen) atoms. The van der Waals surface area contributed by atoms with E-state index in [1.807, 2.05) is 0 Å². The summed E-state index contributed by atoms with van der Waals surface area (Å²) in [5, 5.41) is 3.55. The van der Waals surface area contributed by atoms with Crippen LogP contribution in [0.5, 0.6) is 0 Å². The molecular weight excluding hydrogens is 126 g/mol. The Morgan fingerprint density at radius 2 is 2.30 bits per heavy atom. The lowest BCUT2D eigenvalue weighted by atomic mass is 10.1. The second kappa shape index (κ2) is 2.51. The highest BCUT2D eigenvalue weighted by molar-refractivity contribution is 4.89. The zero-order valence-electron chi connectivity index (χ0n) is 6.47. The molecule has 0 radical (unpaired) electrons. The molecule has 1 aliphatic heterocycles. The van der Waals surface area contributed by atoms with Crippen molar-refractivity contribution >= 4 is 0 Å². The minimum Gasteiger partial charge on any atom is -0.375 e. The fourth-order valence-corrected chi connectivity index (χ4v) is 2.00. The molecular formula is C8H15NO. The average Bonchev–Trinajstić information content (AvgIpc) is 2.33. The van der Waals surface area contributed by atoms with Crippen molar-refractivity contribution < 1.29 is 4.74 Å². The third kappa shape index (κ3) is 1.06. The van der Waals surface area contributed by atoms with Crippen LogP contribution in [-0.4, -0.2) is 24.8 Å². The van der Waals surface area contributed by atoms with Crippen LogP contribution in [0.4, 0.5) is 0 Å². The van der Waals surface area contributed by atoms with E-state index in [0.29, 0.717) is 18.2 Å². The van der Waals surface area contributed by atoms with Gasteiger partial charge in [0.25, 0.3) is 0 Å². The highest BCUT2D eigenvalue weighted by Crippen LogP contribution is 2.25. The van der Waals surface area contributed by atoms with E-state index in [0.717, 1.165) is 6.61 Å². The van der Waals surface area contributed by atoms with Crippen molar-refractivity contribution in [2.75, 3.05) is 6.61 Å². The van der Waals surface area contributed by atoms with E-state index in [-0.39, 0.29) is 0 Å². The lowest BCUT2D eigenvalue weighted by Gasteiger charge is -2.31. The first-order valence-corrected chi connectivity index (χ1v) is 4.24. The highest BCUT2D eigenvalue weighted by Gasteiger charge is 2.32. The average molecular weight is 141 g/mol. The SMILES string of the molecule is CC1COC2CCCC2N1. The van der Waals surface area contributed by atoms with E-state index >= 15 is 0 Å². The Bertz CT molecular complexity index is 126. The van der Waals surface area contributed by atoms with Gasteiger partial charge in [-0.05, 0) is 26.2 Å². The predicted octanol–water partition coefficient (Wildman–Crippen LogP) is 0.916. The zero-order valence-corrected chi connectivity index (χ0v) is 6.47. The Morgan fingerprint density at radius 1 is 1.40 bits per heavy atom. The summed E-state index contributed by atoms with van der Waals surface area (Å²) in [5.41, 5.74) is 0. The molecule has 0 amide bonds. The van der Waals surface area contributed by atoms with Gasteiger partial charge in [0.2, 0.25) is 0 Å². The fraction of sp³-hybridized carbons (Fsp3) is 1.00. The van der Waals surface area contributed by atoms with Crippen molar-refractivity contribution in [3.05, 3.63) is 0 Å². The van der Waals surface area contributed by atoms with Crippen LogP contribution in [0.2, 0.25) is 0 Å². The molecule has 1 saturated heterocycles. The quantitative estimate of drug-likeness (QED) is 0.541. The van der Waals surface area contributed by atoms with Gasteiger partial charge in [-0.15, -0.1) is 0 Å². The minimum absolute atomic E-state index is 0.538. The molecule has 1 heterocycles. The highest BCUT2D eigenvalue weighted by atomic mass is 16.5. The van der Waals surface area contributed by atoms with Crippen molar-refractivity contribution in [2.24, 2.45) is 0 Å². The lowest BCUT2D eigenvalue weighted by Crippen LogP contribution is -2.50. The molecule has 2 rings (SSSR count). The molecule has 1 N–H and O–H groups in total. The first kappa shape index (κ1) is 6.62. The number of fused-ring (bicyclic) bond motifs is 1. The smallest absolute Gasteiger partial charge is 0.0728 e. The molecule has 0 spiro atoms. The number of morpholine rings is 1. The lowest BCUT2D eigenvalue weighted by molar-refractivity contribution is -0.00939. The molecule has 2 aliphatic rings. The third-order valence-corrected chi connectivity index (χ3v) is 2.51. The Labute approximate surface area is 61.9 Å². The van der Waals surface area contributed by atoms with E-state index < -0.39 is 0 Å². The Morgan fingerprint density at radius 3 is 3.20 bits per heavy atom. The Balaban J connectivity index is 1.96. The molecule has 0 aromatic carbocycles. The van der Waals surface area contributed by atoms with Crippen molar-refractivity contribution in [3.63, 3.8) is 0 Å². The second-order valence-corrected chi connectivity index (χ2v) is 3.48. The summed E-state index contributed by atoms with van der Waals surface area (Å²) >= 11 is 0. The van der Waals surface area contributed by atoms with Crippen LogP contribution < -0.4 is 5.32 Å². The first-order valence-electron chi connectivity index (χ1n) is 4.24. The van der Waals surface area contributed by atoms with Crippen molar-refractivity contribution in [1.29, 1.82) is 0 Å². The fourth-order valence-electron chi connectivity index (χ4n) is 2.00. The maximum atomic E-state index is 5.65. The van der Waals surface area contributed by atoms with Crippen LogP contribution in [0.1, 0.15) is 26.2 Å². The van der Waals surface area contributed by atoms with Gasteiger partial charge < -0.3 is 10.1 Å². The van der Waals surface area contributed by atoms with Gasteiger partial charge in [0.1, 0.15) is 0 Å². The zero-order chi connectivity index (χ0) is 6.97. The third-order valence-electron chi connectivity index (χ3n) is 2.51. The second-order valence-electron chi connectivity index (χ2n) is 3.48. The normalized spacial score (nSPS) is 47.1. The summed E-state index contributed by atoms with van der Waals surface area (Å²) in [4.78, 5) is 0. The van der Waals surface area contributed by atoms with Gasteiger partial charge in [0, 0.05) is 12.1 Å². The van der Waals surface area contributed by atoms with Gasteiger partial charge in [-0.25, -0.2) is 0 Å². The van der Waals surface area contributed by atoms with Crippen molar-refractivity contribution in [2.45, 2.75) is 44.4 Å². The molecule has 3 unspecified atom stereocenters. The van der Waals surface area contributed by atoms with E-state index in [1.54, 1.807) is 0 Å². The van der Waals surface area contributed by atoms with Gasteiger partial charge in [-0.3, -0.25) is 0 Å². The van der Waals surface area contributed by atoms with Crippen molar-refractivity contribution in [3.8, 4) is 0 Å². The van der Waals surface area contributed by atoms with E-state index in [2.05, 4.69) is 12.2 Å². The molecule has 1 aliphatic carbocycles. The number of nitrogens with one attached hydrogen (secondary N) is 1. The molecule has 1 saturated carbocycles. The van der Waals surface area contributed by atoms with Gasteiger partial charge >= 0.3 is 0 Å². The number of hydrogen-bond donors (Lipinski definition) is 1. The summed E-state index contributed by atoms with van der Waals surface area (Å²) in [6, 6.07) is 1.24. The topological polar surface area (TPSA) is 21.3 Å². The minimum atomic E-state index is 0.538. The van der Waals surface area contributed by atoms with Gasteiger partial charge in [0.15, 0.2) is 0 Å². The van der Waals surface area contributed by atoms with Gasteiger partial charge in [-0.1, -0.05) is 0 Å². The molecule has 0 aromatic rings. The summed E-state index contributed by atoms with van der Waals surface area (Å²) < 4.78 is 5.65. The first-order chi connectivity index (χ1) is 4.86. The summed E-state index contributed by atoms with van der Waals surface area (Å²) in [5.74, 6) is 0. The number of hydrogen-bond acceptors (Lipinski definition) is 2. The molecule has 0 aromatic heterocycles. The number of ether oxygens (including phenoxy) is 1. The molecule has 2 fully saturated rings. The van der Waals surface area contributed by atoms with Crippen molar-refractivity contribution in [1.82, 2.24) is 5.32 Å². The molecule has 3 atom stereocenters. The maximum Gasteiger partial charge on any atom is 0.0728 e. The van der Waals surface area contributed by atoms with Gasteiger partial charge in [-0.2, -0.15) is 0 Å². The van der Waals surface area contributed by atoms with Crippen LogP contribution in [0, 0.1) is 0 Å². The Kier molecular flexibility index (Phi) is 1.66. The standard InChI is InChI=1S/C8H15NO/c1-6-5-10-8-4-2-3-7(8)9-6/h6-9H,2-5H2,1H3. The largest absolute Gasteiger partial charge is 0.375 e. The molecule has 2 heteroatoms. The summed E-state index contributed by atoms with van der Waals surface area (Å²) in [6.07, 6.45) is 4.46. The van der Waals surface area contributed by atoms with Crippen LogP contribution in [-0.2, 0) is 4.74 Å². The molecule has 58 valence electrons. The monoisotopic (exact) mass is 141 g/mol. The van der Waals surface area contributed by atoms with E-state index in [9.17, 15) is 0 Å². The van der Waals surface area contributed by atoms with E-state index in [1.165, 1.54) is 19.3 Å². The summed E-state index contributed by atoms with van der Waals surface area (Å²) in [7, 11) is 0. The van der Waals surface area contributed by atoms with Gasteiger partial charge in [0.05, 0.1) is 12.7 Å². The van der Waals surface area contributed by atoms with Crippen LogP contribution >= 0.6 is 0 Å². The van der Waals surface area contributed by atoms with Crippen LogP contribution in [0.3, 0.4) is 0 Å². The number of rotatable bonds is 0. The Hall–Kier alpha value is -0.0800. The van der Waals surface area contributed by atoms with E-state index in [4.69, 9.17) is 4.74 Å². The molecule has 0 bridgehead atoms. The maximum absolute atomic E-state index is 5.65. The summed E-state index contributed by atoms with van der Waals surface area (Å²) in [6.45, 7) is 3.09.